The van der Waals surface area contributed by atoms with E-state index in [1.54, 1.807) is 0 Å². The molecule has 0 bridgehead atoms. The summed E-state index contributed by atoms with van der Waals surface area (Å²) in [6.45, 7) is 0. The van der Waals surface area contributed by atoms with E-state index >= 15 is 0 Å². The predicted octanol–water partition coefficient (Wildman–Crippen LogP) is 1.16. The molecular weight excluding hydrogens is 211 g/mol. The maximum absolute atomic E-state index is 13.1. The molecule has 4 nitrogen and oxygen atoms in total. The number of hydrogen-bond donors (Lipinski definition) is 2. The monoisotopic (exact) mass is 218 g/mol. The van der Waals surface area contributed by atoms with Crippen molar-refractivity contribution in [3.05, 3.63) is 30.1 Å². The molecule has 1 atom stereocenters. The molecule has 0 saturated carbocycles. The van der Waals surface area contributed by atoms with Crippen LogP contribution >= 0.6 is 11.6 Å². The number of halogens is 2. The summed E-state index contributed by atoms with van der Waals surface area (Å²) in [4.78, 5) is 10.4. The molecule has 14 heavy (non-hydrogen) atoms. The molecule has 76 valence electrons. The zero-order valence-corrected chi connectivity index (χ0v) is 7.78. The summed E-state index contributed by atoms with van der Waals surface area (Å²) in [5.74, 6) is 3.36. The van der Waals surface area contributed by atoms with E-state index in [9.17, 15) is 9.18 Å². The van der Waals surface area contributed by atoms with Crippen molar-refractivity contribution in [3.8, 4) is 0 Å². The van der Waals surface area contributed by atoms with Gasteiger partial charge in [0.2, 0.25) is 5.50 Å². The highest BCUT2D eigenvalue weighted by Gasteiger charge is 2.22. The van der Waals surface area contributed by atoms with Gasteiger partial charge in [0.1, 0.15) is 5.82 Å². The lowest BCUT2D eigenvalue weighted by Gasteiger charge is -2.21. The van der Waals surface area contributed by atoms with Crippen molar-refractivity contribution < 1.29 is 14.3 Å². The molecule has 0 amide bonds. The summed E-state index contributed by atoms with van der Waals surface area (Å²) in [5.41, 5.74) is -1.55. The lowest BCUT2D eigenvalue weighted by molar-refractivity contribution is -0.136. The third-order valence-electron chi connectivity index (χ3n) is 1.58. The number of carbonyl (C=O) groups is 1. The number of nitrogens with zero attached hydrogens (tertiary/aromatic N) is 1. The minimum absolute atomic E-state index is 0.0603. The van der Waals surface area contributed by atoms with Gasteiger partial charge >= 0.3 is 5.97 Å². The Labute approximate surface area is 84.7 Å². The van der Waals surface area contributed by atoms with Crippen LogP contribution in [-0.2, 0) is 4.79 Å². The number of anilines is 1. The summed E-state index contributed by atoms with van der Waals surface area (Å²) >= 11 is 5.41. The lowest BCUT2D eigenvalue weighted by atomic mass is 10.3. The first kappa shape index (κ1) is 10.7. The Morgan fingerprint density at radius 1 is 1.57 bits per heavy atom. The van der Waals surface area contributed by atoms with Gasteiger partial charge in [0, 0.05) is 0 Å². The van der Waals surface area contributed by atoms with Gasteiger partial charge in [-0.05, 0) is 12.1 Å². The highest BCUT2D eigenvalue weighted by molar-refractivity contribution is 6.30. The number of benzene rings is 1. The third-order valence-corrected chi connectivity index (χ3v) is 1.98. The summed E-state index contributed by atoms with van der Waals surface area (Å²) < 4.78 is 13.1. The molecule has 0 aliphatic rings. The van der Waals surface area contributed by atoms with E-state index in [-0.39, 0.29) is 5.69 Å². The Hall–Kier alpha value is -1.33. The van der Waals surface area contributed by atoms with E-state index in [1.165, 1.54) is 24.3 Å². The maximum atomic E-state index is 13.1. The molecule has 0 aliphatic carbocycles. The van der Waals surface area contributed by atoms with Gasteiger partial charge in [0.25, 0.3) is 0 Å². The number of carboxylic acid groups (broad SMARTS) is 1. The van der Waals surface area contributed by atoms with Crippen LogP contribution in [0.5, 0.6) is 0 Å². The van der Waals surface area contributed by atoms with Gasteiger partial charge in [-0.3, -0.25) is 5.01 Å². The Bertz CT molecular complexity index is 348. The van der Waals surface area contributed by atoms with Crippen molar-refractivity contribution in [1.82, 2.24) is 0 Å². The molecule has 1 aromatic carbocycles. The van der Waals surface area contributed by atoms with Crippen molar-refractivity contribution in [1.29, 1.82) is 0 Å². The second kappa shape index (κ2) is 4.26. The molecule has 6 heteroatoms. The Balaban J connectivity index is 2.94. The molecule has 1 aromatic rings. The second-order valence-corrected chi connectivity index (χ2v) is 2.95. The fourth-order valence-corrected chi connectivity index (χ4v) is 1.01. The standard InChI is InChI=1S/C8H8ClFN2O2/c9-7(8(13)14)12(11)6-4-2-1-3-5(6)10/h1-4,7H,11H2,(H,13,14). The van der Waals surface area contributed by atoms with E-state index in [1.807, 2.05) is 0 Å². The Kier molecular flexibility index (Phi) is 3.27. The zero-order valence-electron chi connectivity index (χ0n) is 7.02. The fraction of sp³-hybridized carbons (Fsp3) is 0.125. The molecule has 0 heterocycles. The first-order valence-corrected chi connectivity index (χ1v) is 4.13. The van der Waals surface area contributed by atoms with Crippen LogP contribution in [0, 0.1) is 5.82 Å². The molecule has 1 rings (SSSR count). The van der Waals surface area contributed by atoms with Gasteiger partial charge in [0.05, 0.1) is 5.69 Å². The summed E-state index contributed by atoms with van der Waals surface area (Å²) in [6.07, 6.45) is 0. The van der Waals surface area contributed by atoms with Gasteiger partial charge in [-0.15, -0.1) is 0 Å². The van der Waals surface area contributed by atoms with Gasteiger partial charge in [0.15, 0.2) is 0 Å². The Morgan fingerprint density at radius 2 is 2.14 bits per heavy atom. The summed E-state index contributed by atoms with van der Waals surface area (Å²) in [7, 11) is 0. The summed E-state index contributed by atoms with van der Waals surface area (Å²) in [6, 6.07) is 5.51. The molecule has 0 aromatic heterocycles. The number of hydrazine groups is 1. The number of rotatable bonds is 3. The van der Waals surface area contributed by atoms with E-state index in [0.717, 1.165) is 0 Å². The topological polar surface area (TPSA) is 66.6 Å². The quantitative estimate of drug-likeness (QED) is 0.346. The van der Waals surface area contributed by atoms with Crippen molar-refractivity contribution in [2.24, 2.45) is 5.84 Å². The lowest BCUT2D eigenvalue weighted by Crippen LogP contribution is -2.43. The van der Waals surface area contributed by atoms with Crippen LogP contribution in [-0.4, -0.2) is 16.6 Å². The van der Waals surface area contributed by atoms with Crippen LogP contribution in [0.25, 0.3) is 0 Å². The molecule has 0 aliphatic heterocycles. The van der Waals surface area contributed by atoms with Crippen LogP contribution < -0.4 is 10.9 Å². The number of carboxylic acids is 1. The number of para-hydroxylation sites is 1. The number of hydrogen-bond acceptors (Lipinski definition) is 3. The van der Waals surface area contributed by atoms with Gasteiger partial charge in [-0.1, -0.05) is 23.7 Å². The molecule has 0 spiro atoms. The van der Waals surface area contributed by atoms with Crippen molar-refractivity contribution in [2.75, 3.05) is 5.01 Å². The molecule has 0 radical (unpaired) electrons. The van der Waals surface area contributed by atoms with Crippen LogP contribution in [0.3, 0.4) is 0 Å². The normalized spacial score (nSPS) is 12.2. The summed E-state index contributed by atoms with van der Waals surface area (Å²) in [5, 5.41) is 9.18. The number of nitrogens with two attached hydrogens (primary N) is 1. The van der Waals surface area contributed by atoms with Crippen LogP contribution in [0.4, 0.5) is 10.1 Å². The van der Waals surface area contributed by atoms with E-state index in [0.29, 0.717) is 5.01 Å². The molecule has 1 unspecified atom stereocenters. The average Bonchev–Trinajstić information content (AvgIpc) is 2.16. The maximum Gasteiger partial charge on any atom is 0.343 e. The highest BCUT2D eigenvalue weighted by atomic mass is 35.5. The first-order valence-electron chi connectivity index (χ1n) is 3.69. The minimum atomic E-state index is -1.49. The molecule has 0 saturated heterocycles. The third kappa shape index (κ3) is 2.12. The van der Waals surface area contributed by atoms with E-state index < -0.39 is 17.3 Å². The van der Waals surface area contributed by atoms with Crippen molar-refractivity contribution in [3.63, 3.8) is 0 Å². The first-order chi connectivity index (χ1) is 6.54. The van der Waals surface area contributed by atoms with Crippen molar-refractivity contribution >= 4 is 23.3 Å². The molecule has 3 N–H and O–H groups in total. The van der Waals surface area contributed by atoms with Crippen LogP contribution in [0.2, 0.25) is 0 Å². The molecular formula is C8H8ClFN2O2. The van der Waals surface area contributed by atoms with E-state index in [4.69, 9.17) is 22.6 Å². The highest BCUT2D eigenvalue weighted by Crippen LogP contribution is 2.19. The van der Waals surface area contributed by atoms with Crippen LogP contribution in [0.15, 0.2) is 24.3 Å². The van der Waals surface area contributed by atoms with Crippen molar-refractivity contribution in [2.45, 2.75) is 5.50 Å². The largest absolute Gasteiger partial charge is 0.479 e. The SMILES string of the molecule is NN(c1ccccc1F)C(Cl)C(=O)O. The predicted molar refractivity (Wildman–Crippen MR) is 50.3 cm³/mol. The number of alkyl halides is 1. The van der Waals surface area contributed by atoms with Crippen LogP contribution in [0.1, 0.15) is 0 Å². The fourth-order valence-electron chi connectivity index (χ4n) is 0.902. The Morgan fingerprint density at radius 3 is 2.64 bits per heavy atom. The second-order valence-electron chi connectivity index (χ2n) is 2.53. The zero-order chi connectivity index (χ0) is 10.7. The van der Waals surface area contributed by atoms with Gasteiger partial charge in [-0.2, -0.15) is 0 Å². The minimum Gasteiger partial charge on any atom is -0.479 e. The number of aliphatic carboxylic acids is 1. The average molecular weight is 219 g/mol. The van der Waals surface area contributed by atoms with Gasteiger partial charge in [-0.25, -0.2) is 15.0 Å². The smallest absolute Gasteiger partial charge is 0.343 e. The van der Waals surface area contributed by atoms with E-state index in [2.05, 4.69) is 0 Å². The van der Waals surface area contributed by atoms with Gasteiger partial charge < -0.3 is 5.11 Å². The molecule has 0 fully saturated rings.